The molecule has 0 saturated heterocycles. The smallest absolute Gasteiger partial charge is 0.265 e. The van der Waals surface area contributed by atoms with Crippen molar-refractivity contribution in [1.82, 2.24) is 10.9 Å². The number of halogens is 1. The first-order valence-corrected chi connectivity index (χ1v) is 6.61. The Balaban J connectivity index is 2.04. The lowest BCUT2D eigenvalue weighted by Crippen LogP contribution is -2.45. The zero-order chi connectivity index (χ0) is 15.2. The van der Waals surface area contributed by atoms with Gasteiger partial charge >= 0.3 is 0 Å². The van der Waals surface area contributed by atoms with Crippen LogP contribution < -0.4 is 16.6 Å². The lowest BCUT2D eigenvalue weighted by molar-refractivity contribution is -0.120. The van der Waals surface area contributed by atoms with E-state index in [1.165, 1.54) is 0 Å². The van der Waals surface area contributed by atoms with Gasteiger partial charge in [0.2, 0.25) is 5.91 Å². The number of benzene rings is 2. The quantitative estimate of drug-likeness (QED) is 0.736. The number of hydrazine groups is 1. The van der Waals surface area contributed by atoms with Crippen molar-refractivity contribution in [3.8, 4) is 0 Å². The fourth-order valence-corrected chi connectivity index (χ4v) is 1.90. The molecule has 0 aliphatic rings. The number of nitrogens with two attached hydrogens (primary N) is 1. The van der Waals surface area contributed by atoms with E-state index >= 15 is 0 Å². The number of hydrogen-bond acceptors (Lipinski definition) is 3. The second-order valence-corrected chi connectivity index (χ2v) is 4.79. The van der Waals surface area contributed by atoms with Crippen LogP contribution in [0.2, 0.25) is 5.02 Å². The Bertz CT molecular complexity index is 629. The van der Waals surface area contributed by atoms with Crippen LogP contribution in [-0.4, -0.2) is 11.8 Å². The van der Waals surface area contributed by atoms with Gasteiger partial charge in [-0.2, -0.15) is 0 Å². The predicted octanol–water partition coefficient (Wildman–Crippen LogP) is 1.80. The Labute approximate surface area is 127 Å². The minimum atomic E-state index is -0.803. The maximum Gasteiger partial charge on any atom is 0.265 e. The number of hydrogen-bond donors (Lipinski definition) is 3. The van der Waals surface area contributed by atoms with Crippen LogP contribution in [0.5, 0.6) is 0 Å². The first-order chi connectivity index (χ1) is 10.1. The summed E-state index contributed by atoms with van der Waals surface area (Å²) in [5.74, 6) is -0.966. The van der Waals surface area contributed by atoms with E-state index in [-0.39, 0.29) is 5.91 Å². The van der Waals surface area contributed by atoms with E-state index in [1.54, 1.807) is 48.5 Å². The second kappa shape index (κ2) is 6.88. The Kier molecular flexibility index (Phi) is 4.92. The summed E-state index contributed by atoms with van der Waals surface area (Å²) in [7, 11) is 0. The van der Waals surface area contributed by atoms with Crippen molar-refractivity contribution in [3.63, 3.8) is 0 Å². The van der Waals surface area contributed by atoms with E-state index in [4.69, 9.17) is 17.3 Å². The highest BCUT2D eigenvalue weighted by Gasteiger charge is 2.18. The monoisotopic (exact) mass is 303 g/mol. The van der Waals surface area contributed by atoms with Crippen molar-refractivity contribution in [2.24, 2.45) is 5.73 Å². The number of carbonyl (C=O) groups is 2. The van der Waals surface area contributed by atoms with Gasteiger partial charge in [-0.15, -0.1) is 0 Å². The summed E-state index contributed by atoms with van der Waals surface area (Å²) in [6.45, 7) is 0. The molecule has 0 spiro atoms. The van der Waals surface area contributed by atoms with Crippen LogP contribution in [0.1, 0.15) is 22.0 Å². The third kappa shape index (κ3) is 4.05. The number of amides is 2. The van der Waals surface area contributed by atoms with Crippen LogP contribution >= 0.6 is 11.6 Å². The second-order valence-electron chi connectivity index (χ2n) is 4.35. The van der Waals surface area contributed by atoms with Crippen LogP contribution in [0, 0.1) is 0 Å². The molecule has 0 radical (unpaired) electrons. The molecule has 0 aromatic heterocycles. The molecule has 0 saturated carbocycles. The van der Waals surface area contributed by atoms with Crippen molar-refractivity contribution < 1.29 is 9.59 Å². The Hall–Kier alpha value is -2.37. The van der Waals surface area contributed by atoms with Crippen molar-refractivity contribution in [1.29, 1.82) is 0 Å². The standard InChI is InChI=1S/C15H14ClN3O2/c16-12-8-6-11(7-9-12)15(21)19-18-13(14(17)20)10-4-2-1-3-5-10/h1-9,13,18H,(H2,17,20)(H,19,21). The molecule has 0 aliphatic carbocycles. The van der Waals surface area contributed by atoms with Gasteiger partial charge in [0.05, 0.1) is 0 Å². The van der Waals surface area contributed by atoms with Gasteiger partial charge in [-0.1, -0.05) is 41.9 Å². The first-order valence-electron chi connectivity index (χ1n) is 6.23. The summed E-state index contributed by atoms with van der Waals surface area (Å²) in [5, 5.41) is 0.541. The lowest BCUT2D eigenvalue weighted by atomic mass is 10.1. The van der Waals surface area contributed by atoms with Crippen LogP contribution in [0.25, 0.3) is 0 Å². The highest BCUT2D eigenvalue weighted by Crippen LogP contribution is 2.12. The summed E-state index contributed by atoms with van der Waals surface area (Å²) in [6.07, 6.45) is 0. The molecule has 1 atom stereocenters. The van der Waals surface area contributed by atoms with Crippen molar-refractivity contribution in [3.05, 3.63) is 70.7 Å². The largest absolute Gasteiger partial charge is 0.368 e. The van der Waals surface area contributed by atoms with E-state index < -0.39 is 11.9 Å². The molecule has 108 valence electrons. The molecular formula is C15H14ClN3O2. The topological polar surface area (TPSA) is 84.2 Å². The average Bonchev–Trinajstić information content (AvgIpc) is 2.48. The molecule has 1 unspecified atom stereocenters. The van der Waals surface area contributed by atoms with Gasteiger partial charge in [-0.3, -0.25) is 15.0 Å². The normalized spacial score (nSPS) is 11.7. The maximum atomic E-state index is 11.9. The zero-order valence-electron chi connectivity index (χ0n) is 11.0. The highest BCUT2D eigenvalue weighted by molar-refractivity contribution is 6.30. The molecule has 0 bridgehead atoms. The molecule has 0 heterocycles. The molecule has 4 N–H and O–H groups in total. The Morgan fingerprint density at radius 1 is 1.00 bits per heavy atom. The minimum absolute atomic E-state index is 0.381. The van der Waals surface area contributed by atoms with Crippen molar-refractivity contribution in [2.45, 2.75) is 6.04 Å². The Morgan fingerprint density at radius 2 is 1.62 bits per heavy atom. The van der Waals surface area contributed by atoms with Gasteiger partial charge in [0.25, 0.3) is 5.91 Å². The summed E-state index contributed by atoms with van der Waals surface area (Å²) in [4.78, 5) is 23.4. The minimum Gasteiger partial charge on any atom is -0.368 e. The van der Waals surface area contributed by atoms with Crippen molar-refractivity contribution in [2.75, 3.05) is 0 Å². The average molecular weight is 304 g/mol. The highest BCUT2D eigenvalue weighted by atomic mass is 35.5. The number of primary amides is 1. The van der Waals surface area contributed by atoms with Crippen LogP contribution in [0.15, 0.2) is 54.6 Å². The molecule has 0 aliphatic heterocycles. The molecule has 2 rings (SSSR count). The van der Waals surface area contributed by atoms with Gasteiger partial charge in [0.1, 0.15) is 6.04 Å². The molecule has 2 aromatic rings. The van der Waals surface area contributed by atoms with Crippen LogP contribution in [-0.2, 0) is 4.79 Å². The third-order valence-corrected chi connectivity index (χ3v) is 3.11. The number of carbonyl (C=O) groups excluding carboxylic acids is 2. The summed E-state index contributed by atoms with van der Waals surface area (Å²) in [6, 6.07) is 14.5. The zero-order valence-corrected chi connectivity index (χ0v) is 11.8. The van der Waals surface area contributed by atoms with Crippen LogP contribution in [0.3, 0.4) is 0 Å². The third-order valence-electron chi connectivity index (χ3n) is 2.85. The molecule has 0 fully saturated rings. The molecular weight excluding hydrogens is 290 g/mol. The Morgan fingerprint density at radius 3 is 2.19 bits per heavy atom. The summed E-state index contributed by atoms with van der Waals surface area (Å²) >= 11 is 5.76. The molecule has 6 heteroatoms. The molecule has 5 nitrogen and oxygen atoms in total. The van der Waals surface area contributed by atoms with E-state index in [0.717, 1.165) is 0 Å². The van der Waals surface area contributed by atoms with Crippen molar-refractivity contribution >= 4 is 23.4 Å². The van der Waals surface area contributed by atoms with Gasteiger partial charge < -0.3 is 5.73 Å². The van der Waals surface area contributed by atoms with Gasteiger partial charge in [0, 0.05) is 10.6 Å². The van der Waals surface area contributed by atoms with E-state index in [9.17, 15) is 9.59 Å². The number of rotatable bonds is 5. The van der Waals surface area contributed by atoms with Gasteiger partial charge in [0.15, 0.2) is 0 Å². The lowest BCUT2D eigenvalue weighted by Gasteiger charge is -2.16. The molecule has 2 aromatic carbocycles. The van der Waals surface area contributed by atoms with Gasteiger partial charge in [-0.25, -0.2) is 5.43 Å². The maximum absolute atomic E-state index is 11.9. The molecule has 2 amide bonds. The predicted molar refractivity (Wildman–Crippen MR) is 80.4 cm³/mol. The van der Waals surface area contributed by atoms with Crippen LogP contribution in [0.4, 0.5) is 0 Å². The first kappa shape index (κ1) is 15.0. The fraction of sp³-hybridized carbons (Fsp3) is 0.0667. The molecule has 21 heavy (non-hydrogen) atoms. The fourth-order valence-electron chi connectivity index (χ4n) is 1.78. The van der Waals surface area contributed by atoms with E-state index in [0.29, 0.717) is 16.1 Å². The van der Waals surface area contributed by atoms with E-state index in [2.05, 4.69) is 10.9 Å². The SMILES string of the molecule is NC(=O)C(NNC(=O)c1ccc(Cl)cc1)c1ccccc1. The van der Waals surface area contributed by atoms with E-state index in [1.807, 2.05) is 6.07 Å². The summed E-state index contributed by atoms with van der Waals surface area (Å²) in [5.41, 5.74) is 11.5. The summed E-state index contributed by atoms with van der Waals surface area (Å²) < 4.78 is 0. The number of nitrogens with one attached hydrogen (secondary N) is 2. The van der Waals surface area contributed by atoms with Gasteiger partial charge in [-0.05, 0) is 29.8 Å².